The van der Waals surface area contributed by atoms with Gasteiger partial charge >= 0.3 is 0 Å². The van der Waals surface area contributed by atoms with Crippen LogP contribution in [0, 0.1) is 5.41 Å². The number of nitrogens with one attached hydrogen (secondary N) is 2. The number of aromatic nitrogens is 3. The number of rotatable bonds is 3. The first-order valence-electron chi connectivity index (χ1n) is 3.79. The van der Waals surface area contributed by atoms with Crippen LogP contribution in [0.25, 0.3) is 0 Å². The highest BCUT2D eigenvalue weighted by Crippen LogP contribution is 2.18. The van der Waals surface area contributed by atoms with Gasteiger partial charge in [0.05, 0.1) is 5.41 Å². The van der Waals surface area contributed by atoms with Gasteiger partial charge in [0, 0.05) is 5.88 Å². The second-order valence-electron chi connectivity index (χ2n) is 3.31. The minimum absolute atomic E-state index is 0.181. The van der Waals surface area contributed by atoms with Crippen molar-refractivity contribution in [2.75, 3.05) is 11.2 Å². The van der Waals surface area contributed by atoms with Crippen molar-refractivity contribution in [2.24, 2.45) is 5.41 Å². The quantitative estimate of drug-likeness (QED) is 0.719. The van der Waals surface area contributed by atoms with Crippen molar-refractivity contribution in [3.8, 4) is 0 Å². The lowest BCUT2D eigenvalue weighted by atomic mass is 9.95. The third kappa shape index (κ3) is 2.42. The van der Waals surface area contributed by atoms with Crippen molar-refractivity contribution in [1.29, 1.82) is 0 Å². The summed E-state index contributed by atoms with van der Waals surface area (Å²) in [7, 11) is 0. The van der Waals surface area contributed by atoms with E-state index in [0.29, 0.717) is 5.95 Å². The smallest absolute Gasteiger partial charge is 0.233 e. The fourth-order valence-corrected chi connectivity index (χ4v) is 0.724. The summed E-state index contributed by atoms with van der Waals surface area (Å²) >= 11 is 5.62. The fraction of sp³-hybridized carbons (Fsp3) is 0.571. The van der Waals surface area contributed by atoms with Gasteiger partial charge in [-0.3, -0.25) is 10.1 Å². The first-order chi connectivity index (χ1) is 6.06. The molecular weight excluding hydrogens is 192 g/mol. The van der Waals surface area contributed by atoms with Crippen LogP contribution in [0.1, 0.15) is 13.8 Å². The maximum atomic E-state index is 11.5. The third-order valence-electron chi connectivity index (χ3n) is 1.60. The summed E-state index contributed by atoms with van der Waals surface area (Å²) < 4.78 is 0. The number of halogens is 1. The molecule has 0 saturated heterocycles. The molecule has 0 radical (unpaired) electrons. The molecule has 2 N–H and O–H groups in total. The van der Waals surface area contributed by atoms with E-state index in [2.05, 4.69) is 20.5 Å². The summed E-state index contributed by atoms with van der Waals surface area (Å²) in [6.07, 6.45) is 1.32. The number of aromatic amines is 1. The second-order valence-corrected chi connectivity index (χ2v) is 3.57. The summed E-state index contributed by atoms with van der Waals surface area (Å²) in [6, 6.07) is 0. The second kappa shape index (κ2) is 3.74. The molecule has 1 amide bonds. The molecule has 1 heterocycles. The Morgan fingerprint density at radius 1 is 1.77 bits per heavy atom. The van der Waals surface area contributed by atoms with E-state index < -0.39 is 5.41 Å². The fourth-order valence-electron chi connectivity index (χ4n) is 0.603. The number of carbonyl (C=O) groups excluding carboxylic acids is 1. The molecule has 0 aliphatic carbocycles. The van der Waals surface area contributed by atoms with E-state index in [-0.39, 0.29) is 11.8 Å². The molecule has 0 fully saturated rings. The Morgan fingerprint density at radius 3 is 2.92 bits per heavy atom. The van der Waals surface area contributed by atoms with Gasteiger partial charge in [0.2, 0.25) is 11.9 Å². The maximum Gasteiger partial charge on any atom is 0.233 e. The lowest BCUT2D eigenvalue weighted by Gasteiger charge is -2.18. The summed E-state index contributed by atoms with van der Waals surface area (Å²) in [5.41, 5.74) is -0.603. The molecule has 13 heavy (non-hydrogen) atoms. The molecule has 0 aliphatic rings. The number of nitrogens with zero attached hydrogens (tertiary/aromatic N) is 2. The molecule has 0 spiro atoms. The van der Waals surface area contributed by atoms with E-state index in [1.807, 2.05) is 0 Å². The van der Waals surface area contributed by atoms with E-state index in [1.165, 1.54) is 6.33 Å². The first-order valence-corrected chi connectivity index (χ1v) is 4.32. The molecule has 0 unspecified atom stereocenters. The van der Waals surface area contributed by atoms with E-state index in [4.69, 9.17) is 11.6 Å². The van der Waals surface area contributed by atoms with Gasteiger partial charge in [-0.1, -0.05) is 0 Å². The average Bonchev–Trinajstić information content (AvgIpc) is 2.57. The van der Waals surface area contributed by atoms with Crippen LogP contribution in [0.5, 0.6) is 0 Å². The topological polar surface area (TPSA) is 70.7 Å². The maximum absolute atomic E-state index is 11.5. The Kier molecular flexibility index (Phi) is 2.87. The summed E-state index contributed by atoms with van der Waals surface area (Å²) in [6.45, 7) is 3.51. The minimum Gasteiger partial charge on any atom is -0.294 e. The highest BCUT2D eigenvalue weighted by Gasteiger charge is 2.26. The number of amides is 1. The Hall–Kier alpha value is -1.10. The largest absolute Gasteiger partial charge is 0.294 e. The monoisotopic (exact) mass is 202 g/mol. The van der Waals surface area contributed by atoms with Gasteiger partial charge in [-0.25, -0.2) is 5.10 Å². The molecular formula is C7H11ClN4O. The van der Waals surface area contributed by atoms with Gasteiger partial charge in [-0.2, -0.15) is 10.1 Å². The highest BCUT2D eigenvalue weighted by atomic mass is 35.5. The van der Waals surface area contributed by atoms with Gasteiger partial charge in [-0.15, -0.1) is 11.6 Å². The van der Waals surface area contributed by atoms with Crippen molar-refractivity contribution < 1.29 is 4.79 Å². The zero-order valence-corrected chi connectivity index (χ0v) is 8.22. The van der Waals surface area contributed by atoms with Crippen molar-refractivity contribution in [3.63, 3.8) is 0 Å². The van der Waals surface area contributed by atoms with Crippen molar-refractivity contribution in [2.45, 2.75) is 13.8 Å². The highest BCUT2D eigenvalue weighted by molar-refractivity contribution is 6.20. The lowest BCUT2D eigenvalue weighted by molar-refractivity contribution is -0.123. The van der Waals surface area contributed by atoms with Gasteiger partial charge in [-0.05, 0) is 13.8 Å². The number of carbonyl (C=O) groups is 1. The molecule has 0 saturated carbocycles. The average molecular weight is 203 g/mol. The van der Waals surface area contributed by atoms with E-state index in [0.717, 1.165) is 0 Å². The van der Waals surface area contributed by atoms with Gasteiger partial charge in [0.25, 0.3) is 0 Å². The molecule has 1 rings (SSSR count). The zero-order chi connectivity index (χ0) is 9.90. The number of hydrogen-bond donors (Lipinski definition) is 2. The predicted molar refractivity (Wildman–Crippen MR) is 49.5 cm³/mol. The summed E-state index contributed by atoms with van der Waals surface area (Å²) in [5.74, 6) is 0.412. The molecule has 1 aromatic rings. The molecule has 0 aliphatic heterocycles. The number of anilines is 1. The summed E-state index contributed by atoms with van der Waals surface area (Å²) in [5, 5.41) is 8.69. The SMILES string of the molecule is CC(C)(CCl)C(=O)Nc1ncn[nH]1. The number of alkyl halides is 1. The van der Waals surface area contributed by atoms with Crippen LogP contribution in [0.2, 0.25) is 0 Å². The molecule has 0 atom stereocenters. The normalized spacial score (nSPS) is 11.3. The zero-order valence-electron chi connectivity index (χ0n) is 7.47. The van der Waals surface area contributed by atoms with Gasteiger partial charge in [0.1, 0.15) is 6.33 Å². The van der Waals surface area contributed by atoms with E-state index in [1.54, 1.807) is 13.8 Å². The van der Waals surface area contributed by atoms with Gasteiger partial charge < -0.3 is 0 Å². The summed E-state index contributed by atoms with van der Waals surface area (Å²) in [4.78, 5) is 15.2. The van der Waals surface area contributed by atoms with Crippen LogP contribution in [0.4, 0.5) is 5.95 Å². The molecule has 0 aromatic carbocycles. The van der Waals surface area contributed by atoms with E-state index in [9.17, 15) is 4.79 Å². The minimum atomic E-state index is -0.603. The Balaban J connectivity index is 2.61. The Morgan fingerprint density at radius 2 is 2.46 bits per heavy atom. The van der Waals surface area contributed by atoms with Crippen LogP contribution < -0.4 is 5.32 Å². The lowest BCUT2D eigenvalue weighted by Crippen LogP contribution is -2.32. The molecule has 5 nitrogen and oxygen atoms in total. The van der Waals surface area contributed by atoms with Crippen LogP contribution in [-0.2, 0) is 4.79 Å². The Labute approximate surface area is 80.9 Å². The van der Waals surface area contributed by atoms with Crippen molar-refractivity contribution in [1.82, 2.24) is 15.2 Å². The van der Waals surface area contributed by atoms with Crippen LogP contribution >= 0.6 is 11.6 Å². The molecule has 0 bridgehead atoms. The molecule has 1 aromatic heterocycles. The Bertz CT molecular complexity index is 283. The first kappa shape index (κ1) is 9.98. The van der Waals surface area contributed by atoms with Gasteiger partial charge in [0.15, 0.2) is 0 Å². The number of hydrogen-bond acceptors (Lipinski definition) is 3. The van der Waals surface area contributed by atoms with Crippen LogP contribution in [0.15, 0.2) is 6.33 Å². The third-order valence-corrected chi connectivity index (χ3v) is 2.26. The molecule has 6 heteroatoms. The van der Waals surface area contributed by atoms with Crippen LogP contribution in [-0.4, -0.2) is 27.0 Å². The van der Waals surface area contributed by atoms with Crippen LogP contribution in [0.3, 0.4) is 0 Å². The van der Waals surface area contributed by atoms with Crippen molar-refractivity contribution >= 4 is 23.5 Å². The number of H-pyrrole nitrogens is 1. The molecule has 72 valence electrons. The van der Waals surface area contributed by atoms with Crippen molar-refractivity contribution in [3.05, 3.63) is 6.33 Å². The van der Waals surface area contributed by atoms with E-state index >= 15 is 0 Å². The predicted octanol–water partition coefficient (Wildman–Crippen LogP) is 1.01. The standard InChI is InChI=1S/C7H11ClN4O/c1-7(2,3-8)5(13)11-6-9-4-10-12-6/h4H,3H2,1-2H3,(H2,9,10,11,12,13).